The molecular formula is C25H25Cl2F3N4O. The second-order valence-corrected chi connectivity index (χ2v) is 10.2. The molecule has 0 saturated carbocycles. The standard InChI is InChI=1S/C25H25Cl2F3N4O/c1-14-9-15(25(28,29)30)10-20-23(14)31-21(32(20)2)11-18-19(26)6-5-17(22(18)27)24(35)34-12-16(13-34)33-7-3-4-8-33/h5-6,9-10,16H,3-4,7-8,11-13H2,1-2H3. The van der Waals surface area contributed by atoms with E-state index in [9.17, 15) is 18.0 Å². The molecule has 0 N–H and O–H groups in total. The summed E-state index contributed by atoms with van der Waals surface area (Å²) in [5.74, 6) is 0.368. The predicted octanol–water partition coefficient (Wildman–Crippen LogP) is 5.72. The zero-order valence-electron chi connectivity index (χ0n) is 19.4. The van der Waals surface area contributed by atoms with Crippen molar-refractivity contribution in [2.45, 2.75) is 38.4 Å². The summed E-state index contributed by atoms with van der Waals surface area (Å²) in [4.78, 5) is 22.0. The van der Waals surface area contributed by atoms with Gasteiger partial charge >= 0.3 is 6.18 Å². The summed E-state index contributed by atoms with van der Waals surface area (Å²) in [6.45, 7) is 5.13. The van der Waals surface area contributed by atoms with Crippen LogP contribution in [-0.2, 0) is 19.6 Å². The van der Waals surface area contributed by atoms with Crippen LogP contribution in [0.2, 0.25) is 10.0 Å². The lowest BCUT2D eigenvalue weighted by atomic mass is 10.0. The number of alkyl halides is 3. The molecule has 1 aromatic heterocycles. The number of nitrogens with zero attached hydrogens (tertiary/aromatic N) is 4. The average molecular weight is 525 g/mol. The molecule has 2 aromatic carbocycles. The van der Waals surface area contributed by atoms with Crippen molar-refractivity contribution in [2.75, 3.05) is 26.2 Å². The lowest BCUT2D eigenvalue weighted by Crippen LogP contribution is -2.60. The van der Waals surface area contributed by atoms with Crippen LogP contribution >= 0.6 is 23.2 Å². The van der Waals surface area contributed by atoms with E-state index < -0.39 is 11.7 Å². The number of benzene rings is 2. The predicted molar refractivity (Wildman–Crippen MR) is 130 cm³/mol. The first-order valence-electron chi connectivity index (χ1n) is 11.6. The summed E-state index contributed by atoms with van der Waals surface area (Å²) in [5, 5.41) is 0.636. The number of rotatable bonds is 4. The number of aromatic nitrogens is 2. The third-order valence-electron chi connectivity index (χ3n) is 7.15. The third kappa shape index (κ3) is 4.41. The highest BCUT2D eigenvalue weighted by Gasteiger charge is 2.37. The molecular weight excluding hydrogens is 500 g/mol. The van der Waals surface area contributed by atoms with Crippen LogP contribution in [0.5, 0.6) is 0 Å². The molecule has 35 heavy (non-hydrogen) atoms. The van der Waals surface area contributed by atoms with Crippen LogP contribution < -0.4 is 0 Å². The minimum Gasteiger partial charge on any atom is -0.335 e. The molecule has 186 valence electrons. The first kappa shape index (κ1) is 24.4. The maximum Gasteiger partial charge on any atom is 0.416 e. The minimum absolute atomic E-state index is 0.140. The molecule has 0 unspecified atom stereocenters. The summed E-state index contributed by atoms with van der Waals surface area (Å²) in [6, 6.07) is 5.87. The normalized spacial score (nSPS) is 17.4. The third-order valence-corrected chi connectivity index (χ3v) is 7.94. The van der Waals surface area contributed by atoms with E-state index in [1.54, 1.807) is 35.6 Å². The summed E-state index contributed by atoms with van der Waals surface area (Å²) in [7, 11) is 1.67. The maximum atomic E-state index is 13.3. The van der Waals surface area contributed by atoms with Gasteiger partial charge in [0.15, 0.2) is 0 Å². The molecule has 5 rings (SSSR count). The van der Waals surface area contributed by atoms with Crippen LogP contribution in [-0.4, -0.2) is 57.5 Å². The Kier molecular flexibility index (Phi) is 6.26. The van der Waals surface area contributed by atoms with Crippen molar-refractivity contribution in [3.63, 3.8) is 0 Å². The number of hydrogen-bond donors (Lipinski definition) is 0. The smallest absolute Gasteiger partial charge is 0.335 e. The van der Waals surface area contributed by atoms with Crippen LogP contribution in [0.15, 0.2) is 24.3 Å². The second-order valence-electron chi connectivity index (χ2n) is 9.42. The maximum absolute atomic E-state index is 13.3. The summed E-state index contributed by atoms with van der Waals surface area (Å²) >= 11 is 13.1. The van der Waals surface area contributed by atoms with Crippen LogP contribution in [0.3, 0.4) is 0 Å². The zero-order valence-corrected chi connectivity index (χ0v) is 20.9. The molecule has 2 aliphatic rings. The fourth-order valence-electron chi connectivity index (χ4n) is 5.04. The Morgan fingerprint density at radius 1 is 1.14 bits per heavy atom. The van der Waals surface area contributed by atoms with E-state index in [1.807, 2.05) is 0 Å². The minimum atomic E-state index is -4.45. The molecule has 0 radical (unpaired) electrons. The molecule has 5 nitrogen and oxygen atoms in total. The molecule has 3 heterocycles. The highest BCUT2D eigenvalue weighted by Crippen LogP contribution is 2.35. The lowest BCUT2D eigenvalue weighted by molar-refractivity contribution is -0.137. The van der Waals surface area contributed by atoms with Crippen LogP contribution in [0, 0.1) is 6.92 Å². The molecule has 1 amide bonds. The number of amides is 1. The molecule has 3 aromatic rings. The van der Waals surface area contributed by atoms with E-state index in [1.165, 1.54) is 12.8 Å². The van der Waals surface area contributed by atoms with Crippen molar-refractivity contribution in [3.8, 4) is 0 Å². The first-order chi connectivity index (χ1) is 16.5. The number of hydrogen-bond acceptors (Lipinski definition) is 3. The van der Waals surface area contributed by atoms with Crippen molar-refractivity contribution in [1.82, 2.24) is 19.4 Å². The Labute approximate surface area is 211 Å². The number of imidazole rings is 1. The topological polar surface area (TPSA) is 41.4 Å². The molecule has 2 saturated heterocycles. The number of fused-ring (bicyclic) bond motifs is 1. The number of halogens is 5. The summed E-state index contributed by atoms with van der Waals surface area (Å²) in [6.07, 6.45) is -1.86. The van der Waals surface area contributed by atoms with Crippen molar-refractivity contribution in [1.29, 1.82) is 0 Å². The van der Waals surface area contributed by atoms with Crippen LogP contribution in [0.1, 0.15) is 45.7 Å². The molecule has 2 aliphatic heterocycles. The molecule has 10 heteroatoms. The Hall–Kier alpha value is -2.29. The molecule has 0 spiro atoms. The van der Waals surface area contributed by atoms with Gasteiger partial charge in [-0.3, -0.25) is 9.69 Å². The van der Waals surface area contributed by atoms with Gasteiger partial charge in [-0.2, -0.15) is 13.2 Å². The molecule has 0 bridgehead atoms. The van der Waals surface area contributed by atoms with Crippen LogP contribution in [0.4, 0.5) is 13.2 Å². The number of carbonyl (C=O) groups excluding carboxylic acids is 1. The monoisotopic (exact) mass is 524 g/mol. The van der Waals surface area contributed by atoms with Gasteiger partial charge in [-0.15, -0.1) is 0 Å². The van der Waals surface area contributed by atoms with E-state index in [0.29, 0.717) is 57.7 Å². The van der Waals surface area contributed by atoms with E-state index in [4.69, 9.17) is 23.2 Å². The Morgan fingerprint density at radius 2 is 1.83 bits per heavy atom. The number of aryl methyl sites for hydroxylation is 2. The second kappa shape index (κ2) is 8.98. The summed E-state index contributed by atoms with van der Waals surface area (Å²) < 4.78 is 41.6. The summed E-state index contributed by atoms with van der Waals surface area (Å²) in [5.41, 5.74) is 1.48. The fraction of sp³-hybridized carbons (Fsp3) is 0.440. The van der Waals surface area contributed by atoms with Crippen molar-refractivity contribution >= 4 is 40.1 Å². The first-order valence-corrected chi connectivity index (χ1v) is 12.3. The van der Waals surface area contributed by atoms with Crippen molar-refractivity contribution in [2.24, 2.45) is 7.05 Å². The van der Waals surface area contributed by atoms with Gasteiger partial charge in [-0.25, -0.2) is 4.98 Å². The average Bonchev–Trinajstić information content (AvgIpc) is 3.38. The van der Waals surface area contributed by atoms with Gasteiger partial charge in [0.25, 0.3) is 5.91 Å². The molecule has 0 aliphatic carbocycles. The highest BCUT2D eigenvalue weighted by molar-refractivity contribution is 6.38. The molecule has 0 atom stereocenters. The van der Waals surface area contributed by atoms with Gasteiger partial charge in [-0.05, 0) is 68.2 Å². The van der Waals surface area contributed by atoms with Gasteiger partial charge in [0.1, 0.15) is 5.82 Å². The van der Waals surface area contributed by atoms with E-state index in [0.717, 1.165) is 25.2 Å². The SMILES string of the molecule is Cc1cc(C(F)(F)F)cc2c1nc(Cc1c(Cl)ccc(C(=O)N3CC(N4CCCC4)C3)c1Cl)n2C. The number of carbonyl (C=O) groups is 1. The van der Waals surface area contributed by atoms with Crippen molar-refractivity contribution < 1.29 is 18.0 Å². The number of likely N-dealkylation sites (tertiary alicyclic amines) is 2. The van der Waals surface area contributed by atoms with Gasteiger partial charge in [0, 0.05) is 37.6 Å². The molecule has 2 fully saturated rings. The quantitative estimate of drug-likeness (QED) is 0.438. The van der Waals surface area contributed by atoms with Gasteiger partial charge in [0.05, 0.1) is 27.2 Å². The Bertz CT molecular complexity index is 1310. The van der Waals surface area contributed by atoms with E-state index in [-0.39, 0.29) is 17.4 Å². The zero-order chi connectivity index (χ0) is 25.1. The van der Waals surface area contributed by atoms with Crippen molar-refractivity contribution in [3.05, 3.63) is 62.4 Å². The Balaban J connectivity index is 1.42. The van der Waals surface area contributed by atoms with Crippen LogP contribution in [0.25, 0.3) is 11.0 Å². The van der Waals surface area contributed by atoms with E-state index in [2.05, 4.69) is 9.88 Å². The highest BCUT2D eigenvalue weighted by atomic mass is 35.5. The van der Waals surface area contributed by atoms with E-state index >= 15 is 0 Å². The van der Waals surface area contributed by atoms with Gasteiger partial charge in [0.2, 0.25) is 0 Å². The fourth-order valence-corrected chi connectivity index (χ4v) is 5.62. The Morgan fingerprint density at radius 3 is 2.49 bits per heavy atom. The largest absolute Gasteiger partial charge is 0.416 e. The lowest BCUT2D eigenvalue weighted by Gasteiger charge is -2.44. The van der Waals surface area contributed by atoms with Gasteiger partial charge in [-0.1, -0.05) is 23.2 Å². The van der Waals surface area contributed by atoms with Gasteiger partial charge < -0.3 is 9.47 Å².